The lowest BCUT2D eigenvalue weighted by molar-refractivity contribution is 1.65. The van der Waals surface area contributed by atoms with Crippen molar-refractivity contribution in [2.24, 2.45) is 0 Å². The summed E-state index contributed by atoms with van der Waals surface area (Å²) in [6.07, 6.45) is 12.6. The molecule has 0 atom stereocenters. The van der Waals surface area contributed by atoms with Crippen molar-refractivity contribution in [1.82, 2.24) is 0 Å². The summed E-state index contributed by atoms with van der Waals surface area (Å²) < 4.78 is 0. The quantitative estimate of drug-likeness (QED) is 0.595. The molecule has 0 amide bonds. The molecule has 0 fully saturated rings. The first kappa shape index (κ1) is 9.17. The monoisotopic (exact) mass is 204 g/mol. The van der Waals surface area contributed by atoms with Gasteiger partial charge in [-0.15, -0.1) is 0 Å². The summed E-state index contributed by atoms with van der Waals surface area (Å²) >= 11 is 0. The second-order valence-electron chi connectivity index (χ2n) is 3.93. The molecule has 0 heterocycles. The number of hydrogen-bond acceptors (Lipinski definition) is 0. The molecule has 0 radical (unpaired) electrons. The van der Waals surface area contributed by atoms with Crippen LogP contribution in [0.1, 0.15) is 11.1 Å². The van der Waals surface area contributed by atoms with E-state index in [0.717, 1.165) is 0 Å². The summed E-state index contributed by atoms with van der Waals surface area (Å²) in [6, 6.07) is 13.0. The molecule has 0 aromatic heterocycles. The lowest BCUT2D eigenvalue weighted by Gasteiger charge is -2.05. The Hall–Kier alpha value is -2.08. The molecule has 2 aromatic rings. The van der Waals surface area contributed by atoms with Gasteiger partial charge in [0.15, 0.2) is 0 Å². The molecule has 0 heteroatoms. The Morgan fingerprint density at radius 2 is 1.06 bits per heavy atom. The predicted molar refractivity (Wildman–Crippen MR) is 71.2 cm³/mol. The van der Waals surface area contributed by atoms with Crippen LogP contribution in [0.15, 0.2) is 60.7 Å². The molecule has 76 valence electrons. The van der Waals surface area contributed by atoms with Gasteiger partial charge in [0.05, 0.1) is 0 Å². The van der Waals surface area contributed by atoms with E-state index >= 15 is 0 Å². The van der Waals surface area contributed by atoms with Crippen LogP contribution in [0.3, 0.4) is 0 Å². The van der Waals surface area contributed by atoms with Crippen LogP contribution < -0.4 is 0 Å². The maximum Gasteiger partial charge on any atom is -0.0178 e. The Kier molecular flexibility index (Phi) is 2.19. The van der Waals surface area contributed by atoms with Crippen molar-refractivity contribution in [2.45, 2.75) is 0 Å². The Morgan fingerprint density at radius 1 is 0.562 bits per heavy atom. The van der Waals surface area contributed by atoms with Crippen molar-refractivity contribution >= 4 is 22.9 Å². The van der Waals surface area contributed by atoms with Crippen LogP contribution in [-0.2, 0) is 0 Å². The molecule has 1 aliphatic rings. The topological polar surface area (TPSA) is 0 Å². The molecular weight excluding hydrogens is 192 g/mol. The standard InChI is InChI=1S/C16H12/c1-2-4-8-14-12-16-10-6-5-9-15(16)11-13(14)7-3-1/h1-12H/b2-1-,3-1?,4-2?,7-3-,8-4-,13-7?,14-8?. The highest BCUT2D eigenvalue weighted by molar-refractivity contribution is 5.88. The van der Waals surface area contributed by atoms with E-state index in [4.69, 9.17) is 0 Å². The largest absolute Gasteiger partial charge is 0.0622 e. The fraction of sp³-hybridized carbons (Fsp3) is 0. The van der Waals surface area contributed by atoms with Crippen molar-refractivity contribution < 1.29 is 0 Å². The number of benzene rings is 2. The third kappa shape index (κ3) is 1.59. The predicted octanol–water partition coefficient (Wildman–Crippen LogP) is 4.44. The maximum absolute atomic E-state index is 2.24. The SMILES string of the molecule is C1=C\C=C/c2cc3ccccc3cc2\C=C/1. The molecule has 0 nitrogen and oxygen atoms in total. The molecule has 0 saturated heterocycles. The van der Waals surface area contributed by atoms with Gasteiger partial charge in [0.1, 0.15) is 0 Å². The van der Waals surface area contributed by atoms with Crippen LogP contribution in [0.5, 0.6) is 0 Å². The van der Waals surface area contributed by atoms with Crippen molar-refractivity contribution in [1.29, 1.82) is 0 Å². The van der Waals surface area contributed by atoms with Gasteiger partial charge in [-0.25, -0.2) is 0 Å². The second kappa shape index (κ2) is 3.82. The number of rotatable bonds is 0. The zero-order valence-corrected chi connectivity index (χ0v) is 8.93. The number of fused-ring (bicyclic) bond motifs is 2. The van der Waals surface area contributed by atoms with Crippen LogP contribution >= 0.6 is 0 Å². The average molecular weight is 204 g/mol. The van der Waals surface area contributed by atoms with Crippen LogP contribution in [0.4, 0.5) is 0 Å². The van der Waals surface area contributed by atoms with E-state index in [9.17, 15) is 0 Å². The molecular formula is C16H12. The summed E-state index contributed by atoms with van der Waals surface area (Å²) in [4.78, 5) is 0. The fourth-order valence-corrected chi connectivity index (χ4v) is 2.01. The van der Waals surface area contributed by atoms with Crippen molar-refractivity contribution in [3.63, 3.8) is 0 Å². The van der Waals surface area contributed by atoms with Gasteiger partial charge < -0.3 is 0 Å². The summed E-state index contributed by atoms with van der Waals surface area (Å²) in [5.74, 6) is 0. The summed E-state index contributed by atoms with van der Waals surface area (Å²) in [6.45, 7) is 0. The normalized spacial score (nSPS) is 19.5. The van der Waals surface area contributed by atoms with E-state index in [1.165, 1.54) is 21.9 Å². The zero-order valence-electron chi connectivity index (χ0n) is 8.93. The molecule has 0 bridgehead atoms. The lowest BCUT2D eigenvalue weighted by Crippen LogP contribution is -1.83. The minimum Gasteiger partial charge on any atom is -0.0622 e. The van der Waals surface area contributed by atoms with Gasteiger partial charge >= 0.3 is 0 Å². The summed E-state index contributed by atoms with van der Waals surface area (Å²) in [5.41, 5.74) is 2.55. The number of allylic oxidation sites excluding steroid dienone is 4. The summed E-state index contributed by atoms with van der Waals surface area (Å²) in [5, 5.41) is 2.59. The fourth-order valence-electron chi connectivity index (χ4n) is 2.01. The molecule has 0 unspecified atom stereocenters. The highest BCUT2D eigenvalue weighted by Crippen LogP contribution is 2.23. The number of hydrogen-bond donors (Lipinski definition) is 0. The van der Waals surface area contributed by atoms with Crippen molar-refractivity contribution in [3.05, 3.63) is 71.8 Å². The van der Waals surface area contributed by atoms with Crippen LogP contribution in [0.25, 0.3) is 22.9 Å². The molecule has 0 saturated carbocycles. The molecule has 16 heavy (non-hydrogen) atoms. The minimum atomic E-state index is 1.28. The molecule has 2 aromatic carbocycles. The van der Waals surface area contributed by atoms with E-state index in [-0.39, 0.29) is 0 Å². The highest BCUT2D eigenvalue weighted by atomic mass is 14.0. The smallest absolute Gasteiger partial charge is 0.0178 e. The summed E-state index contributed by atoms with van der Waals surface area (Å²) in [7, 11) is 0. The third-order valence-corrected chi connectivity index (χ3v) is 2.84. The first-order valence-electron chi connectivity index (χ1n) is 5.48. The molecule has 1 aliphatic carbocycles. The van der Waals surface area contributed by atoms with Gasteiger partial charge in [0, 0.05) is 0 Å². The van der Waals surface area contributed by atoms with Gasteiger partial charge in [-0.3, -0.25) is 0 Å². The van der Waals surface area contributed by atoms with Gasteiger partial charge in [0.25, 0.3) is 0 Å². The van der Waals surface area contributed by atoms with E-state index in [0.29, 0.717) is 0 Å². The van der Waals surface area contributed by atoms with Gasteiger partial charge in [-0.2, -0.15) is 0 Å². The van der Waals surface area contributed by atoms with E-state index in [1.54, 1.807) is 0 Å². The molecule has 0 N–H and O–H groups in total. The van der Waals surface area contributed by atoms with E-state index in [1.807, 2.05) is 0 Å². The van der Waals surface area contributed by atoms with Crippen molar-refractivity contribution in [2.75, 3.05) is 0 Å². The third-order valence-electron chi connectivity index (χ3n) is 2.84. The van der Waals surface area contributed by atoms with Crippen molar-refractivity contribution in [3.8, 4) is 0 Å². The molecule has 3 rings (SSSR count). The zero-order chi connectivity index (χ0) is 10.8. The Labute approximate surface area is 95.2 Å². The minimum absolute atomic E-state index is 1.28. The van der Waals surface area contributed by atoms with Crippen LogP contribution in [0.2, 0.25) is 0 Å². The highest BCUT2D eigenvalue weighted by Gasteiger charge is 2.00. The second-order valence-corrected chi connectivity index (χ2v) is 3.93. The molecule has 0 spiro atoms. The Morgan fingerprint density at radius 3 is 1.56 bits per heavy atom. The van der Waals surface area contributed by atoms with Crippen LogP contribution in [-0.4, -0.2) is 0 Å². The molecule has 0 aliphatic heterocycles. The van der Waals surface area contributed by atoms with E-state index < -0.39 is 0 Å². The van der Waals surface area contributed by atoms with Gasteiger partial charge in [0.2, 0.25) is 0 Å². The Balaban J connectivity index is 2.31. The first-order valence-corrected chi connectivity index (χ1v) is 5.48. The Bertz CT molecular complexity index is 558. The lowest BCUT2D eigenvalue weighted by atomic mass is 9.99. The maximum atomic E-state index is 2.24. The average Bonchev–Trinajstić information content (AvgIpc) is 2.29. The van der Waals surface area contributed by atoms with Crippen LogP contribution in [0, 0.1) is 0 Å². The van der Waals surface area contributed by atoms with Gasteiger partial charge in [-0.05, 0) is 34.0 Å². The van der Waals surface area contributed by atoms with Gasteiger partial charge in [-0.1, -0.05) is 60.7 Å². The first-order chi connectivity index (χ1) is 7.93. The van der Waals surface area contributed by atoms with E-state index in [2.05, 4.69) is 72.9 Å².